The summed E-state index contributed by atoms with van der Waals surface area (Å²) in [4.78, 5) is 22.0. The molecule has 2 aromatic rings. The van der Waals surface area contributed by atoms with Crippen LogP contribution < -0.4 is 4.74 Å². The Morgan fingerprint density at radius 1 is 1.03 bits per heavy atom. The fourth-order valence-electron chi connectivity index (χ4n) is 3.45. The molecule has 1 saturated heterocycles. The van der Waals surface area contributed by atoms with Crippen molar-refractivity contribution in [2.75, 3.05) is 32.7 Å². The number of likely N-dealkylation sites (N-methyl/N-ethyl adjacent to an activating group) is 1. The first-order valence-electron chi connectivity index (χ1n) is 10.4. The zero-order chi connectivity index (χ0) is 20.9. The minimum atomic E-state index is -0.146. The molecule has 2 aromatic carbocycles. The molecule has 0 radical (unpaired) electrons. The highest BCUT2D eigenvalue weighted by atomic mass is 32.2. The molecule has 1 amide bonds. The maximum Gasteiger partial charge on any atom is 0.286 e. The van der Waals surface area contributed by atoms with Crippen LogP contribution in [0.25, 0.3) is 6.08 Å². The molecule has 5 nitrogen and oxygen atoms in total. The molecule has 0 bridgehead atoms. The number of piperazine rings is 1. The number of benzene rings is 2. The number of carbonyl (C=O) groups excluding carboxylic acids is 1. The summed E-state index contributed by atoms with van der Waals surface area (Å²) in [6.07, 6.45) is 1.91. The predicted molar refractivity (Wildman–Crippen MR) is 124 cm³/mol. The second-order valence-electron chi connectivity index (χ2n) is 7.57. The monoisotopic (exact) mass is 421 g/mol. The third-order valence-electron chi connectivity index (χ3n) is 5.40. The lowest BCUT2D eigenvalue weighted by atomic mass is 10.1. The first kappa shape index (κ1) is 20.7. The summed E-state index contributed by atoms with van der Waals surface area (Å²) < 4.78 is 5.87. The molecule has 0 aliphatic carbocycles. The standard InChI is InChI=1S/C24H27N3O2S/c1-3-26-12-14-27(15-13-26)24-25-23(28)22(30-24)16-19-8-10-21(11-9-19)29-17-20-6-4-18(2)5-7-20/h4-11,16H,3,12-15,17H2,1-2H3/b22-16-. The van der Waals surface area contributed by atoms with Gasteiger partial charge in [0.2, 0.25) is 0 Å². The van der Waals surface area contributed by atoms with E-state index in [4.69, 9.17) is 4.74 Å². The van der Waals surface area contributed by atoms with Crippen molar-refractivity contribution in [3.63, 3.8) is 0 Å². The molecule has 0 aromatic heterocycles. The smallest absolute Gasteiger partial charge is 0.286 e. The van der Waals surface area contributed by atoms with Gasteiger partial charge in [-0.25, -0.2) is 0 Å². The molecule has 30 heavy (non-hydrogen) atoms. The van der Waals surface area contributed by atoms with Gasteiger partial charge in [-0.05, 0) is 54.6 Å². The van der Waals surface area contributed by atoms with Crippen molar-refractivity contribution in [1.82, 2.24) is 9.80 Å². The van der Waals surface area contributed by atoms with Crippen molar-refractivity contribution < 1.29 is 9.53 Å². The first-order valence-corrected chi connectivity index (χ1v) is 11.2. The lowest BCUT2D eigenvalue weighted by molar-refractivity contribution is -0.113. The molecule has 0 N–H and O–H groups in total. The van der Waals surface area contributed by atoms with E-state index in [1.165, 1.54) is 17.3 Å². The van der Waals surface area contributed by atoms with Crippen LogP contribution in [0.15, 0.2) is 58.4 Å². The number of carbonyl (C=O) groups is 1. The molecule has 0 spiro atoms. The van der Waals surface area contributed by atoms with E-state index < -0.39 is 0 Å². The van der Waals surface area contributed by atoms with Gasteiger partial charge >= 0.3 is 0 Å². The molecular formula is C24H27N3O2S. The van der Waals surface area contributed by atoms with Crippen LogP contribution in [0.1, 0.15) is 23.6 Å². The minimum Gasteiger partial charge on any atom is -0.489 e. The third-order valence-corrected chi connectivity index (χ3v) is 6.45. The highest BCUT2D eigenvalue weighted by Gasteiger charge is 2.28. The van der Waals surface area contributed by atoms with Gasteiger partial charge in [-0.2, -0.15) is 4.99 Å². The molecule has 4 rings (SSSR count). The number of hydrogen-bond acceptors (Lipinski definition) is 5. The van der Waals surface area contributed by atoms with E-state index in [9.17, 15) is 4.79 Å². The zero-order valence-corrected chi connectivity index (χ0v) is 18.3. The maximum atomic E-state index is 12.4. The maximum absolute atomic E-state index is 12.4. The molecule has 156 valence electrons. The van der Waals surface area contributed by atoms with E-state index in [0.717, 1.165) is 54.8 Å². The summed E-state index contributed by atoms with van der Waals surface area (Å²) in [7, 11) is 0. The van der Waals surface area contributed by atoms with Crippen LogP contribution in [0, 0.1) is 6.92 Å². The second-order valence-corrected chi connectivity index (χ2v) is 8.58. The van der Waals surface area contributed by atoms with Crippen LogP contribution in [0.2, 0.25) is 0 Å². The number of ether oxygens (including phenoxy) is 1. The fourth-order valence-corrected chi connectivity index (χ4v) is 4.42. The Morgan fingerprint density at radius 2 is 1.73 bits per heavy atom. The quantitative estimate of drug-likeness (QED) is 0.678. The van der Waals surface area contributed by atoms with Crippen LogP contribution in [0.3, 0.4) is 0 Å². The predicted octanol–water partition coefficient (Wildman–Crippen LogP) is 4.18. The van der Waals surface area contributed by atoms with Crippen LogP contribution in [-0.4, -0.2) is 53.6 Å². The Balaban J connectivity index is 1.33. The van der Waals surface area contributed by atoms with Crippen LogP contribution in [-0.2, 0) is 11.4 Å². The number of thioether (sulfide) groups is 1. The number of rotatable bonds is 5. The van der Waals surface area contributed by atoms with Gasteiger partial charge in [0.15, 0.2) is 5.17 Å². The molecular weight excluding hydrogens is 394 g/mol. The summed E-state index contributed by atoms with van der Waals surface area (Å²) in [5.41, 5.74) is 3.36. The molecule has 2 heterocycles. The number of amides is 1. The summed E-state index contributed by atoms with van der Waals surface area (Å²) in [5, 5.41) is 0.833. The molecule has 6 heteroatoms. The topological polar surface area (TPSA) is 45.1 Å². The van der Waals surface area contributed by atoms with Crippen LogP contribution in [0.5, 0.6) is 5.75 Å². The van der Waals surface area contributed by atoms with Crippen molar-refractivity contribution in [2.24, 2.45) is 4.99 Å². The van der Waals surface area contributed by atoms with Gasteiger partial charge in [-0.3, -0.25) is 4.79 Å². The van der Waals surface area contributed by atoms with E-state index in [-0.39, 0.29) is 5.91 Å². The fraction of sp³-hybridized carbons (Fsp3) is 0.333. The SMILES string of the molecule is CCN1CCN(C2=NC(=O)/C(=C/c3ccc(OCc4ccc(C)cc4)cc3)S2)CC1. The summed E-state index contributed by atoms with van der Waals surface area (Å²) in [6, 6.07) is 16.2. The van der Waals surface area contributed by atoms with Gasteiger partial charge in [0.05, 0.1) is 4.91 Å². The lowest BCUT2D eigenvalue weighted by Crippen LogP contribution is -2.47. The van der Waals surface area contributed by atoms with E-state index in [1.54, 1.807) is 0 Å². The van der Waals surface area contributed by atoms with Crippen LogP contribution in [0.4, 0.5) is 0 Å². The highest BCUT2D eigenvalue weighted by Crippen LogP contribution is 2.31. The Kier molecular flexibility index (Phi) is 6.55. The number of amidine groups is 1. The normalized spacial score (nSPS) is 18.7. The van der Waals surface area contributed by atoms with Crippen molar-refractivity contribution in [3.05, 3.63) is 70.1 Å². The van der Waals surface area contributed by atoms with Crippen molar-refractivity contribution >= 4 is 28.9 Å². The highest BCUT2D eigenvalue weighted by molar-refractivity contribution is 8.18. The number of nitrogens with zero attached hydrogens (tertiary/aromatic N) is 3. The molecule has 0 saturated carbocycles. The first-order chi connectivity index (χ1) is 14.6. The summed E-state index contributed by atoms with van der Waals surface area (Å²) >= 11 is 1.48. The van der Waals surface area contributed by atoms with Crippen molar-refractivity contribution in [1.29, 1.82) is 0 Å². The second kappa shape index (κ2) is 9.49. The third kappa shape index (κ3) is 5.12. The van der Waals surface area contributed by atoms with Gasteiger partial charge < -0.3 is 14.5 Å². The van der Waals surface area contributed by atoms with E-state index in [2.05, 4.69) is 52.9 Å². The Bertz CT molecular complexity index is 943. The lowest BCUT2D eigenvalue weighted by Gasteiger charge is -2.34. The molecule has 0 unspecified atom stereocenters. The minimum absolute atomic E-state index is 0.146. The van der Waals surface area contributed by atoms with E-state index in [1.807, 2.05) is 30.3 Å². The average molecular weight is 422 g/mol. The zero-order valence-electron chi connectivity index (χ0n) is 17.5. The average Bonchev–Trinajstić information content (AvgIpc) is 3.14. The van der Waals surface area contributed by atoms with Crippen molar-refractivity contribution in [2.45, 2.75) is 20.5 Å². The number of aliphatic imine (C=N–C) groups is 1. The summed E-state index contributed by atoms with van der Waals surface area (Å²) in [5.74, 6) is 0.668. The Morgan fingerprint density at radius 3 is 2.40 bits per heavy atom. The van der Waals surface area contributed by atoms with Gasteiger partial charge in [0.25, 0.3) is 5.91 Å². The molecule has 2 aliphatic rings. The van der Waals surface area contributed by atoms with E-state index in [0.29, 0.717) is 11.5 Å². The molecule has 1 fully saturated rings. The van der Waals surface area contributed by atoms with Gasteiger partial charge in [-0.1, -0.05) is 48.9 Å². The van der Waals surface area contributed by atoms with Crippen molar-refractivity contribution in [3.8, 4) is 5.75 Å². The molecule has 2 aliphatic heterocycles. The summed E-state index contributed by atoms with van der Waals surface area (Å²) in [6.45, 7) is 9.76. The van der Waals surface area contributed by atoms with Gasteiger partial charge in [0.1, 0.15) is 12.4 Å². The Hall–Kier alpha value is -2.57. The van der Waals surface area contributed by atoms with Gasteiger partial charge in [-0.15, -0.1) is 0 Å². The Labute approximate surface area is 182 Å². The largest absolute Gasteiger partial charge is 0.489 e. The number of aryl methyl sites for hydroxylation is 1. The van der Waals surface area contributed by atoms with E-state index >= 15 is 0 Å². The van der Waals surface area contributed by atoms with Gasteiger partial charge in [0, 0.05) is 26.2 Å². The van der Waals surface area contributed by atoms with Crippen LogP contribution >= 0.6 is 11.8 Å². The number of hydrogen-bond donors (Lipinski definition) is 0. The molecule has 0 atom stereocenters.